The predicted octanol–water partition coefficient (Wildman–Crippen LogP) is 17.4. The number of amides is 1. The lowest BCUT2D eigenvalue weighted by molar-refractivity contribution is -0.123. The Labute approximate surface area is 365 Å². The molecule has 0 rings (SSSR count). The first kappa shape index (κ1) is 57.1. The summed E-state index contributed by atoms with van der Waals surface area (Å²) in [4.78, 5) is 12.5. The normalized spacial score (nSPS) is 12.8. The van der Waals surface area contributed by atoms with Gasteiger partial charge >= 0.3 is 0 Å². The van der Waals surface area contributed by atoms with Gasteiger partial charge in [-0.1, -0.05) is 276 Å². The highest BCUT2D eigenvalue weighted by Gasteiger charge is 2.20. The van der Waals surface area contributed by atoms with Gasteiger partial charge in [0, 0.05) is 6.42 Å². The van der Waals surface area contributed by atoms with E-state index in [4.69, 9.17) is 0 Å². The standard InChI is InChI=1S/C54H107NO3/c1-3-5-7-9-11-13-15-17-19-21-23-25-26-27-28-30-31-33-35-37-39-41-43-45-47-49-53(57)52(51-56)55-54(58)50-48-46-44-42-40-38-36-34-32-29-24-22-20-18-16-14-12-10-8-6-4-2/h29,32,52-53,56-57H,3-28,30-31,33-51H2,1-2H3,(H,55,58)/b32-29-. The number of hydrogen-bond donors (Lipinski definition) is 3. The van der Waals surface area contributed by atoms with Crippen molar-refractivity contribution in [1.82, 2.24) is 5.32 Å². The summed E-state index contributed by atoms with van der Waals surface area (Å²) < 4.78 is 0. The molecule has 346 valence electrons. The summed E-state index contributed by atoms with van der Waals surface area (Å²) in [5, 5.41) is 23.3. The molecule has 0 aromatic heterocycles. The number of carbonyl (C=O) groups is 1. The van der Waals surface area contributed by atoms with E-state index in [1.165, 1.54) is 257 Å². The molecule has 0 radical (unpaired) electrons. The van der Waals surface area contributed by atoms with Crippen LogP contribution in [0.25, 0.3) is 0 Å². The Morgan fingerprint density at radius 3 is 0.948 bits per heavy atom. The number of aliphatic hydroxyl groups is 2. The molecule has 4 heteroatoms. The third-order valence-electron chi connectivity index (χ3n) is 12.8. The largest absolute Gasteiger partial charge is 0.394 e. The van der Waals surface area contributed by atoms with Crippen LogP contribution in [-0.2, 0) is 4.79 Å². The molecule has 0 aliphatic rings. The van der Waals surface area contributed by atoms with Gasteiger partial charge in [0.2, 0.25) is 5.91 Å². The van der Waals surface area contributed by atoms with Gasteiger partial charge < -0.3 is 15.5 Å². The highest BCUT2D eigenvalue weighted by Crippen LogP contribution is 2.18. The second-order valence-corrected chi connectivity index (χ2v) is 18.7. The summed E-state index contributed by atoms with van der Waals surface area (Å²) in [6.07, 6.45) is 64.7. The van der Waals surface area contributed by atoms with Crippen LogP contribution in [0, 0.1) is 0 Å². The van der Waals surface area contributed by atoms with Crippen LogP contribution >= 0.6 is 0 Å². The molecule has 2 unspecified atom stereocenters. The summed E-state index contributed by atoms with van der Waals surface area (Å²) in [6, 6.07) is -0.536. The maximum atomic E-state index is 12.5. The number of carbonyl (C=O) groups excluding carboxylic acids is 1. The van der Waals surface area contributed by atoms with E-state index in [1.807, 2.05) is 0 Å². The third kappa shape index (κ3) is 46.2. The van der Waals surface area contributed by atoms with Crippen molar-refractivity contribution in [3.63, 3.8) is 0 Å². The Morgan fingerprint density at radius 1 is 0.397 bits per heavy atom. The summed E-state index contributed by atoms with van der Waals surface area (Å²) >= 11 is 0. The molecular weight excluding hydrogens is 711 g/mol. The van der Waals surface area contributed by atoms with E-state index in [2.05, 4.69) is 31.3 Å². The molecule has 0 saturated carbocycles. The average molecular weight is 818 g/mol. The first-order valence-electron chi connectivity index (χ1n) is 26.9. The minimum absolute atomic E-state index is 0.0301. The lowest BCUT2D eigenvalue weighted by Crippen LogP contribution is -2.45. The summed E-state index contributed by atoms with van der Waals surface area (Å²) in [5.74, 6) is -0.0301. The average Bonchev–Trinajstić information content (AvgIpc) is 3.23. The van der Waals surface area contributed by atoms with Gasteiger partial charge in [0.1, 0.15) is 0 Å². The maximum Gasteiger partial charge on any atom is 0.220 e. The third-order valence-corrected chi connectivity index (χ3v) is 12.8. The zero-order chi connectivity index (χ0) is 42.1. The Balaban J connectivity index is 3.44. The first-order valence-corrected chi connectivity index (χ1v) is 26.9. The number of allylic oxidation sites excluding steroid dienone is 2. The molecule has 1 amide bonds. The van der Waals surface area contributed by atoms with Gasteiger partial charge in [0.05, 0.1) is 18.8 Å². The fourth-order valence-electron chi connectivity index (χ4n) is 8.65. The quantitative estimate of drug-likeness (QED) is 0.0423. The lowest BCUT2D eigenvalue weighted by atomic mass is 10.0. The van der Waals surface area contributed by atoms with Crippen LogP contribution in [0.15, 0.2) is 12.2 Å². The Kier molecular flexibility index (Phi) is 49.7. The van der Waals surface area contributed by atoms with Crippen LogP contribution in [0.4, 0.5) is 0 Å². The van der Waals surface area contributed by atoms with Crippen molar-refractivity contribution >= 4 is 5.91 Å². The second kappa shape index (κ2) is 50.5. The van der Waals surface area contributed by atoms with Gasteiger partial charge in [-0.25, -0.2) is 0 Å². The fourth-order valence-corrected chi connectivity index (χ4v) is 8.65. The van der Waals surface area contributed by atoms with Gasteiger partial charge in [-0.3, -0.25) is 4.79 Å². The molecule has 0 aromatic rings. The van der Waals surface area contributed by atoms with Crippen LogP contribution < -0.4 is 5.32 Å². The Morgan fingerprint density at radius 2 is 0.655 bits per heavy atom. The van der Waals surface area contributed by atoms with E-state index in [1.54, 1.807) is 0 Å². The van der Waals surface area contributed by atoms with Crippen LogP contribution in [-0.4, -0.2) is 34.9 Å². The number of unbranched alkanes of at least 4 members (excludes halogenated alkanes) is 41. The van der Waals surface area contributed by atoms with Crippen molar-refractivity contribution < 1.29 is 15.0 Å². The highest BCUT2D eigenvalue weighted by atomic mass is 16.3. The van der Waals surface area contributed by atoms with E-state index in [9.17, 15) is 15.0 Å². The zero-order valence-corrected chi connectivity index (χ0v) is 39.8. The highest BCUT2D eigenvalue weighted by molar-refractivity contribution is 5.76. The molecular formula is C54H107NO3. The van der Waals surface area contributed by atoms with Gasteiger partial charge in [-0.05, 0) is 38.5 Å². The summed E-state index contributed by atoms with van der Waals surface area (Å²) in [5.41, 5.74) is 0. The van der Waals surface area contributed by atoms with Crippen molar-refractivity contribution in [2.75, 3.05) is 6.61 Å². The Hall–Kier alpha value is -0.870. The lowest BCUT2D eigenvalue weighted by Gasteiger charge is -2.22. The molecule has 2 atom stereocenters. The van der Waals surface area contributed by atoms with Crippen molar-refractivity contribution in [2.45, 2.75) is 321 Å². The van der Waals surface area contributed by atoms with Crippen molar-refractivity contribution in [3.8, 4) is 0 Å². The SMILES string of the molecule is CCCCCCCCCCCC/C=C\CCCCCCCCCC(=O)NC(CO)C(O)CCCCCCCCCCCCCCCCCCCCCCCCCCC. The molecule has 0 aromatic carbocycles. The van der Waals surface area contributed by atoms with Crippen LogP contribution in [0.2, 0.25) is 0 Å². The molecule has 0 aliphatic heterocycles. The molecule has 0 spiro atoms. The monoisotopic (exact) mass is 818 g/mol. The number of nitrogens with one attached hydrogen (secondary N) is 1. The minimum atomic E-state index is -0.659. The molecule has 3 N–H and O–H groups in total. The van der Waals surface area contributed by atoms with Gasteiger partial charge in [0.15, 0.2) is 0 Å². The van der Waals surface area contributed by atoms with Crippen LogP contribution in [0.1, 0.15) is 309 Å². The Bertz CT molecular complexity index is 799. The van der Waals surface area contributed by atoms with Crippen molar-refractivity contribution in [3.05, 3.63) is 12.2 Å². The molecule has 0 saturated heterocycles. The minimum Gasteiger partial charge on any atom is -0.394 e. The zero-order valence-electron chi connectivity index (χ0n) is 39.8. The van der Waals surface area contributed by atoms with E-state index in [0.717, 1.165) is 25.7 Å². The van der Waals surface area contributed by atoms with Crippen molar-refractivity contribution in [2.24, 2.45) is 0 Å². The van der Waals surface area contributed by atoms with Crippen LogP contribution in [0.5, 0.6) is 0 Å². The molecule has 0 heterocycles. The van der Waals surface area contributed by atoms with Gasteiger partial charge in [0.25, 0.3) is 0 Å². The number of aliphatic hydroxyl groups excluding tert-OH is 2. The van der Waals surface area contributed by atoms with E-state index >= 15 is 0 Å². The molecule has 0 aliphatic carbocycles. The predicted molar refractivity (Wildman–Crippen MR) is 258 cm³/mol. The van der Waals surface area contributed by atoms with Gasteiger partial charge in [-0.15, -0.1) is 0 Å². The fraction of sp³-hybridized carbons (Fsp3) is 0.944. The van der Waals surface area contributed by atoms with E-state index < -0.39 is 12.1 Å². The van der Waals surface area contributed by atoms with Gasteiger partial charge in [-0.2, -0.15) is 0 Å². The molecule has 4 nitrogen and oxygen atoms in total. The van der Waals surface area contributed by atoms with E-state index in [0.29, 0.717) is 12.8 Å². The van der Waals surface area contributed by atoms with Crippen LogP contribution in [0.3, 0.4) is 0 Å². The molecule has 58 heavy (non-hydrogen) atoms. The number of hydrogen-bond acceptors (Lipinski definition) is 3. The number of rotatable bonds is 50. The smallest absolute Gasteiger partial charge is 0.220 e. The summed E-state index contributed by atoms with van der Waals surface area (Å²) in [7, 11) is 0. The first-order chi connectivity index (χ1) is 28.7. The second-order valence-electron chi connectivity index (χ2n) is 18.7. The topological polar surface area (TPSA) is 69.6 Å². The van der Waals surface area contributed by atoms with E-state index in [-0.39, 0.29) is 12.5 Å². The van der Waals surface area contributed by atoms with Crippen molar-refractivity contribution in [1.29, 1.82) is 0 Å². The molecule has 0 bridgehead atoms. The maximum absolute atomic E-state index is 12.5. The molecule has 0 fully saturated rings. The summed E-state index contributed by atoms with van der Waals surface area (Å²) in [6.45, 7) is 4.39.